The van der Waals surface area contributed by atoms with Gasteiger partial charge in [0.15, 0.2) is 0 Å². The van der Waals surface area contributed by atoms with E-state index in [1.165, 1.54) is 23.1 Å². The Bertz CT molecular complexity index is 1230. The van der Waals surface area contributed by atoms with Gasteiger partial charge in [-0.2, -0.15) is 0 Å². The van der Waals surface area contributed by atoms with Gasteiger partial charge in [-0.15, -0.1) is 0 Å². The van der Waals surface area contributed by atoms with Crippen LogP contribution in [0.2, 0.25) is 10.0 Å². The van der Waals surface area contributed by atoms with E-state index in [-0.39, 0.29) is 35.5 Å². The number of rotatable bonds is 5. The number of amides is 4. The number of nitrogens with zero attached hydrogens (tertiary/aromatic N) is 2. The third-order valence-corrected chi connectivity index (χ3v) is 6.03. The van der Waals surface area contributed by atoms with Gasteiger partial charge in [0.2, 0.25) is 11.8 Å². The van der Waals surface area contributed by atoms with E-state index < -0.39 is 52.6 Å². The first-order valence-electron chi connectivity index (χ1n) is 9.90. The number of benzene rings is 1. The molecule has 178 valence electrons. The molecule has 0 radical (unpaired) electrons. The van der Waals surface area contributed by atoms with Gasteiger partial charge in [0.1, 0.15) is 11.7 Å². The lowest BCUT2D eigenvalue weighted by atomic mass is 10.0. The number of piperidine rings is 1. The minimum absolute atomic E-state index is 0.0134. The van der Waals surface area contributed by atoms with E-state index in [0.717, 1.165) is 12.3 Å². The standard InChI is InChI=1S/C21H15Cl2F3N4O4/c22-11-6-13(23)16(27-7-11)21(26,20(24)25)29-17(32)9-1-2-12-10(5-9)8-30(19(12)34)14-3-4-15(31)28-18(14)33/h1-2,5-7,14,20H,3-4,8H2,(H,29,32)(H,28,31,33). The Morgan fingerprint density at radius 2 is 1.97 bits per heavy atom. The number of halogens is 5. The molecular weight excluding hydrogens is 500 g/mol. The van der Waals surface area contributed by atoms with E-state index in [1.807, 2.05) is 0 Å². The van der Waals surface area contributed by atoms with Crippen LogP contribution in [-0.4, -0.2) is 46.0 Å². The number of carbonyl (C=O) groups is 4. The molecule has 2 atom stereocenters. The lowest BCUT2D eigenvalue weighted by Crippen LogP contribution is -2.52. The van der Waals surface area contributed by atoms with Gasteiger partial charge in [0.25, 0.3) is 24.0 Å². The zero-order valence-corrected chi connectivity index (χ0v) is 18.6. The maximum absolute atomic E-state index is 15.3. The van der Waals surface area contributed by atoms with E-state index in [0.29, 0.717) is 5.56 Å². The van der Waals surface area contributed by atoms with Crippen molar-refractivity contribution >= 4 is 46.8 Å². The van der Waals surface area contributed by atoms with Crippen molar-refractivity contribution in [3.8, 4) is 0 Å². The third-order valence-electron chi connectivity index (χ3n) is 5.53. The molecule has 1 aromatic heterocycles. The van der Waals surface area contributed by atoms with Gasteiger partial charge in [0.05, 0.1) is 10.0 Å². The molecule has 2 unspecified atom stereocenters. The largest absolute Gasteiger partial charge is 0.322 e. The Morgan fingerprint density at radius 1 is 1.24 bits per heavy atom. The summed E-state index contributed by atoms with van der Waals surface area (Å²) in [6.07, 6.45) is -2.60. The molecule has 0 bridgehead atoms. The number of aromatic nitrogens is 1. The number of imide groups is 1. The molecule has 3 heterocycles. The van der Waals surface area contributed by atoms with E-state index in [9.17, 15) is 28.0 Å². The van der Waals surface area contributed by atoms with Crippen molar-refractivity contribution in [2.24, 2.45) is 0 Å². The number of nitrogens with one attached hydrogen (secondary N) is 2. The van der Waals surface area contributed by atoms with Crippen LogP contribution in [0.15, 0.2) is 30.5 Å². The minimum atomic E-state index is -3.72. The molecule has 0 aliphatic carbocycles. The zero-order valence-electron chi connectivity index (χ0n) is 17.1. The third kappa shape index (κ3) is 4.21. The monoisotopic (exact) mass is 514 g/mol. The Labute approximate surface area is 200 Å². The average Bonchev–Trinajstić information content (AvgIpc) is 3.09. The zero-order chi connectivity index (χ0) is 24.8. The second kappa shape index (κ2) is 8.88. The number of carbonyl (C=O) groups excluding carboxylic acids is 4. The predicted molar refractivity (Wildman–Crippen MR) is 113 cm³/mol. The van der Waals surface area contributed by atoms with Gasteiger partial charge in [0, 0.05) is 30.3 Å². The number of fused-ring (bicyclic) bond motifs is 1. The van der Waals surface area contributed by atoms with Gasteiger partial charge in [-0.25, -0.2) is 13.2 Å². The fourth-order valence-electron chi connectivity index (χ4n) is 3.85. The Morgan fingerprint density at radius 3 is 2.62 bits per heavy atom. The van der Waals surface area contributed by atoms with Crippen LogP contribution in [0.3, 0.4) is 0 Å². The van der Waals surface area contributed by atoms with Crippen molar-refractivity contribution in [1.29, 1.82) is 0 Å². The normalized spacial score (nSPS) is 19.6. The quantitative estimate of drug-likeness (QED) is 0.471. The number of alkyl halides is 3. The smallest absolute Gasteiger partial charge is 0.296 e. The first kappa shape index (κ1) is 24.0. The second-order valence-corrected chi connectivity index (χ2v) is 8.57. The minimum Gasteiger partial charge on any atom is -0.322 e. The average molecular weight is 515 g/mol. The van der Waals surface area contributed by atoms with E-state index in [4.69, 9.17) is 23.2 Å². The number of hydrogen-bond acceptors (Lipinski definition) is 5. The van der Waals surface area contributed by atoms with Gasteiger partial charge in [-0.05, 0) is 36.2 Å². The van der Waals surface area contributed by atoms with Crippen molar-refractivity contribution in [1.82, 2.24) is 20.5 Å². The molecule has 4 rings (SSSR count). The summed E-state index contributed by atoms with van der Waals surface area (Å²) < 4.78 is 42.7. The fraction of sp³-hybridized carbons (Fsp3) is 0.286. The first-order valence-corrected chi connectivity index (χ1v) is 10.7. The predicted octanol–water partition coefficient (Wildman–Crippen LogP) is 2.97. The van der Waals surface area contributed by atoms with Crippen LogP contribution in [0.4, 0.5) is 13.2 Å². The SMILES string of the molecule is O=C1CCC(N2Cc3cc(C(=O)NC(F)(c4ncc(Cl)cc4Cl)C(F)F)ccc3C2=O)C(=O)N1. The fourth-order valence-corrected chi connectivity index (χ4v) is 4.37. The Balaban J connectivity index is 1.58. The molecule has 0 saturated carbocycles. The van der Waals surface area contributed by atoms with Crippen LogP contribution in [0.1, 0.15) is 44.8 Å². The number of hydrogen-bond donors (Lipinski definition) is 2. The molecule has 1 fully saturated rings. The molecule has 4 amide bonds. The highest BCUT2D eigenvalue weighted by Gasteiger charge is 2.47. The van der Waals surface area contributed by atoms with Gasteiger partial charge >= 0.3 is 0 Å². The van der Waals surface area contributed by atoms with Gasteiger partial charge in [-0.1, -0.05) is 23.2 Å². The molecule has 8 nitrogen and oxygen atoms in total. The van der Waals surface area contributed by atoms with Crippen LogP contribution in [0.25, 0.3) is 0 Å². The van der Waals surface area contributed by atoms with Crippen LogP contribution >= 0.6 is 23.2 Å². The Hall–Kier alpha value is -3.18. The summed E-state index contributed by atoms with van der Waals surface area (Å²) in [5.74, 6) is -6.45. The lowest BCUT2D eigenvalue weighted by molar-refractivity contribution is -0.136. The van der Waals surface area contributed by atoms with Gasteiger partial charge in [-0.3, -0.25) is 29.5 Å². The van der Waals surface area contributed by atoms with Crippen LogP contribution < -0.4 is 10.6 Å². The van der Waals surface area contributed by atoms with Crippen molar-refractivity contribution in [2.75, 3.05) is 0 Å². The summed E-state index contributed by atoms with van der Waals surface area (Å²) in [7, 11) is 0. The van der Waals surface area contributed by atoms with E-state index >= 15 is 4.39 Å². The summed E-state index contributed by atoms with van der Waals surface area (Å²) in [4.78, 5) is 53.7. The summed E-state index contributed by atoms with van der Waals surface area (Å²) in [5, 5.41) is 3.28. The van der Waals surface area contributed by atoms with Crippen LogP contribution in [-0.2, 0) is 21.9 Å². The molecule has 2 N–H and O–H groups in total. The molecule has 2 aromatic rings. The first-order chi connectivity index (χ1) is 16.0. The lowest BCUT2D eigenvalue weighted by Gasteiger charge is -2.29. The Kier molecular flexibility index (Phi) is 6.26. The molecule has 13 heteroatoms. The van der Waals surface area contributed by atoms with Crippen LogP contribution in [0.5, 0.6) is 0 Å². The molecule has 0 spiro atoms. The molecule has 34 heavy (non-hydrogen) atoms. The molecule has 1 aromatic carbocycles. The highest BCUT2D eigenvalue weighted by Crippen LogP contribution is 2.35. The van der Waals surface area contributed by atoms with Crippen molar-refractivity contribution < 1.29 is 32.3 Å². The summed E-state index contributed by atoms with van der Waals surface area (Å²) >= 11 is 11.5. The van der Waals surface area contributed by atoms with Crippen LogP contribution in [0, 0.1) is 0 Å². The van der Waals surface area contributed by atoms with E-state index in [1.54, 1.807) is 5.32 Å². The molecule has 2 aliphatic rings. The molecule has 2 aliphatic heterocycles. The maximum Gasteiger partial charge on any atom is 0.296 e. The number of pyridine rings is 1. The van der Waals surface area contributed by atoms with Crippen molar-refractivity contribution in [2.45, 2.75) is 37.6 Å². The highest BCUT2D eigenvalue weighted by molar-refractivity contribution is 6.34. The highest BCUT2D eigenvalue weighted by atomic mass is 35.5. The molecule has 1 saturated heterocycles. The second-order valence-electron chi connectivity index (χ2n) is 7.72. The van der Waals surface area contributed by atoms with Gasteiger partial charge < -0.3 is 10.2 Å². The van der Waals surface area contributed by atoms with E-state index in [2.05, 4.69) is 10.3 Å². The topological polar surface area (TPSA) is 108 Å². The van der Waals surface area contributed by atoms with Crippen molar-refractivity contribution in [3.63, 3.8) is 0 Å². The summed E-state index contributed by atoms with van der Waals surface area (Å²) in [5.41, 5.74) is -0.581. The molecular formula is C21H15Cl2F3N4O4. The van der Waals surface area contributed by atoms with Crippen molar-refractivity contribution in [3.05, 3.63) is 62.9 Å². The maximum atomic E-state index is 15.3. The summed E-state index contributed by atoms with van der Waals surface area (Å²) in [6.45, 7) is -0.0538. The summed E-state index contributed by atoms with van der Waals surface area (Å²) in [6, 6.07) is 3.85.